The average Bonchev–Trinajstić information content (AvgIpc) is 2.39. The van der Waals surface area contributed by atoms with Gasteiger partial charge in [0.1, 0.15) is 0 Å². The van der Waals surface area contributed by atoms with Crippen molar-refractivity contribution in [2.24, 2.45) is 4.99 Å². The average molecular weight is 305 g/mol. The first-order valence-electron chi connectivity index (χ1n) is 5.66. The molecule has 1 aromatic rings. The van der Waals surface area contributed by atoms with E-state index >= 15 is 0 Å². The third-order valence-electron chi connectivity index (χ3n) is 2.60. The Labute approximate surface area is 123 Å². The summed E-state index contributed by atoms with van der Waals surface area (Å²) in [6.45, 7) is 4.87. The topological polar surface area (TPSA) is 27.6 Å². The van der Waals surface area contributed by atoms with Gasteiger partial charge in [0, 0.05) is 10.8 Å². The van der Waals surface area contributed by atoms with Gasteiger partial charge in [-0.25, -0.2) is 4.99 Å². The molecule has 0 saturated carbocycles. The lowest BCUT2D eigenvalue weighted by Gasteiger charge is -2.24. The molecule has 1 N–H and O–H groups in total. The third kappa shape index (κ3) is 4.69. The minimum absolute atomic E-state index is 0. The lowest BCUT2D eigenvalue weighted by atomic mass is 10.2. The Morgan fingerprint density at radius 3 is 2.67 bits per heavy atom. The molecule has 6 heteroatoms. The van der Waals surface area contributed by atoms with Crippen LogP contribution < -0.4 is 17.7 Å². The van der Waals surface area contributed by atoms with Crippen LogP contribution >= 0.6 is 23.4 Å². The fourth-order valence-corrected chi connectivity index (χ4v) is 2.43. The number of rotatable bonds is 3. The molecule has 0 amide bonds. The number of hydrogen-bond acceptors (Lipinski definition) is 4. The molecule has 0 saturated heterocycles. The SMILES string of the molecule is CCN1CN=C(SCc2ccc(Cl)cc2)NC1.[Cl-]. The van der Waals surface area contributed by atoms with E-state index in [9.17, 15) is 0 Å². The lowest BCUT2D eigenvalue weighted by molar-refractivity contribution is -0.00000349. The molecule has 1 heterocycles. The maximum atomic E-state index is 5.84. The number of benzene rings is 1. The molecule has 1 aromatic carbocycles. The molecule has 2 rings (SSSR count). The van der Waals surface area contributed by atoms with E-state index in [4.69, 9.17) is 11.6 Å². The highest BCUT2D eigenvalue weighted by molar-refractivity contribution is 8.13. The Kier molecular flexibility index (Phi) is 6.86. The molecule has 0 fully saturated rings. The van der Waals surface area contributed by atoms with E-state index in [1.54, 1.807) is 11.8 Å². The first-order chi connectivity index (χ1) is 8.28. The van der Waals surface area contributed by atoms with Gasteiger partial charge < -0.3 is 17.7 Å². The molecule has 18 heavy (non-hydrogen) atoms. The van der Waals surface area contributed by atoms with Crippen LogP contribution in [-0.2, 0) is 5.75 Å². The summed E-state index contributed by atoms with van der Waals surface area (Å²) in [6, 6.07) is 7.95. The molecule has 0 radical (unpaired) electrons. The molecule has 0 atom stereocenters. The number of halogens is 2. The smallest absolute Gasteiger partial charge is 0.159 e. The zero-order valence-corrected chi connectivity index (χ0v) is 12.5. The van der Waals surface area contributed by atoms with E-state index in [-0.39, 0.29) is 12.4 Å². The summed E-state index contributed by atoms with van der Waals surface area (Å²) in [5, 5.41) is 5.13. The standard InChI is InChI=1S/C12H16ClN3S.ClH/c1-2-16-8-14-12(15-9-16)17-7-10-3-5-11(13)6-4-10;/h3-6H,2,7-9H2,1H3,(H,14,15);1H/p-1. The Balaban J connectivity index is 0.00000162. The predicted molar refractivity (Wildman–Crippen MR) is 75.4 cm³/mol. The zero-order chi connectivity index (χ0) is 12.1. The monoisotopic (exact) mass is 304 g/mol. The summed E-state index contributed by atoms with van der Waals surface area (Å²) in [7, 11) is 0. The lowest BCUT2D eigenvalue weighted by Crippen LogP contribution is -3.00. The number of thioether (sulfide) groups is 1. The summed E-state index contributed by atoms with van der Waals surface area (Å²) in [5.74, 6) is 0.926. The summed E-state index contributed by atoms with van der Waals surface area (Å²) in [6.07, 6.45) is 0. The van der Waals surface area contributed by atoms with Crippen molar-refractivity contribution in [3.8, 4) is 0 Å². The van der Waals surface area contributed by atoms with Gasteiger partial charge in [-0.05, 0) is 24.2 Å². The number of aliphatic imine (C=N–C) groups is 1. The van der Waals surface area contributed by atoms with Gasteiger partial charge in [-0.2, -0.15) is 0 Å². The van der Waals surface area contributed by atoms with Crippen molar-refractivity contribution in [3.05, 3.63) is 34.9 Å². The number of amidine groups is 1. The quantitative estimate of drug-likeness (QED) is 0.836. The number of nitrogens with zero attached hydrogens (tertiary/aromatic N) is 2. The minimum atomic E-state index is 0. The Morgan fingerprint density at radius 2 is 2.11 bits per heavy atom. The van der Waals surface area contributed by atoms with Gasteiger partial charge in [0.2, 0.25) is 0 Å². The molecule has 0 unspecified atom stereocenters. The molecule has 1 aliphatic rings. The summed E-state index contributed by atoms with van der Waals surface area (Å²) in [4.78, 5) is 6.73. The van der Waals surface area contributed by atoms with Crippen LogP contribution in [0.25, 0.3) is 0 Å². The van der Waals surface area contributed by atoms with Crippen molar-refractivity contribution in [2.45, 2.75) is 12.7 Å². The van der Waals surface area contributed by atoms with Crippen LogP contribution in [0.2, 0.25) is 5.02 Å². The summed E-state index contributed by atoms with van der Waals surface area (Å²) >= 11 is 7.58. The van der Waals surface area contributed by atoms with E-state index in [1.807, 2.05) is 12.1 Å². The molecule has 0 bridgehead atoms. The summed E-state index contributed by atoms with van der Waals surface area (Å²) in [5.41, 5.74) is 1.27. The molecule has 100 valence electrons. The Morgan fingerprint density at radius 1 is 1.39 bits per heavy atom. The number of nitrogens with one attached hydrogen (secondary N) is 1. The Bertz CT molecular complexity index is 395. The van der Waals surface area contributed by atoms with Crippen molar-refractivity contribution in [2.75, 3.05) is 19.9 Å². The summed E-state index contributed by atoms with van der Waals surface area (Å²) < 4.78 is 0. The molecular formula is C12H16Cl2N3S-. The second kappa shape index (κ2) is 7.89. The molecule has 0 aromatic heterocycles. The fourth-order valence-electron chi connectivity index (χ4n) is 1.49. The van der Waals surface area contributed by atoms with Crippen molar-refractivity contribution < 1.29 is 12.4 Å². The van der Waals surface area contributed by atoms with Gasteiger partial charge in [-0.3, -0.25) is 4.90 Å². The van der Waals surface area contributed by atoms with Crippen molar-refractivity contribution >= 4 is 28.5 Å². The maximum Gasteiger partial charge on any atom is 0.159 e. The maximum absolute atomic E-state index is 5.84. The van der Waals surface area contributed by atoms with Crippen LogP contribution in [0.5, 0.6) is 0 Å². The second-order valence-corrected chi connectivity index (χ2v) is 5.24. The first kappa shape index (κ1) is 15.6. The molecule has 0 aliphatic carbocycles. The van der Waals surface area contributed by atoms with Crippen molar-refractivity contribution in [1.29, 1.82) is 0 Å². The van der Waals surface area contributed by atoms with Crippen molar-refractivity contribution in [3.63, 3.8) is 0 Å². The molecule has 3 nitrogen and oxygen atoms in total. The van der Waals surface area contributed by atoms with Gasteiger partial charge >= 0.3 is 0 Å². The van der Waals surface area contributed by atoms with E-state index in [0.717, 1.165) is 35.8 Å². The normalized spacial score (nSPS) is 15.6. The van der Waals surface area contributed by atoms with E-state index < -0.39 is 0 Å². The van der Waals surface area contributed by atoms with Gasteiger partial charge in [-0.15, -0.1) is 0 Å². The molecule has 0 spiro atoms. The highest BCUT2D eigenvalue weighted by Gasteiger charge is 2.10. The van der Waals surface area contributed by atoms with Crippen LogP contribution in [0.4, 0.5) is 0 Å². The van der Waals surface area contributed by atoms with Gasteiger partial charge in [0.25, 0.3) is 0 Å². The number of hydrogen-bond donors (Lipinski definition) is 1. The second-order valence-electron chi connectivity index (χ2n) is 3.84. The first-order valence-corrected chi connectivity index (χ1v) is 7.02. The van der Waals surface area contributed by atoms with Crippen LogP contribution in [0.15, 0.2) is 29.3 Å². The van der Waals surface area contributed by atoms with Crippen LogP contribution in [0.1, 0.15) is 12.5 Å². The highest BCUT2D eigenvalue weighted by Crippen LogP contribution is 2.16. The van der Waals surface area contributed by atoms with Crippen LogP contribution in [0, 0.1) is 0 Å². The van der Waals surface area contributed by atoms with Gasteiger partial charge in [0.15, 0.2) is 5.17 Å². The molecule has 1 aliphatic heterocycles. The minimum Gasteiger partial charge on any atom is -1.00 e. The van der Waals surface area contributed by atoms with E-state index in [0.29, 0.717) is 0 Å². The molecular weight excluding hydrogens is 289 g/mol. The zero-order valence-electron chi connectivity index (χ0n) is 10.2. The van der Waals surface area contributed by atoms with Gasteiger partial charge in [0.05, 0.1) is 13.3 Å². The highest BCUT2D eigenvalue weighted by atomic mass is 35.5. The third-order valence-corrected chi connectivity index (χ3v) is 3.88. The largest absolute Gasteiger partial charge is 1.00 e. The van der Waals surface area contributed by atoms with Crippen LogP contribution in [0.3, 0.4) is 0 Å². The van der Waals surface area contributed by atoms with E-state index in [1.165, 1.54) is 5.56 Å². The van der Waals surface area contributed by atoms with Crippen molar-refractivity contribution in [1.82, 2.24) is 10.2 Å². The fraction of sp³-hybridized carbons (Fsp3) is 0.417. The Hall–Kier alpha value is -0.420. The predicted octanol–water partition coefficient (Wildman–Crippen LogP) is -0.227. The van der Waals surface area contributed by atoms with E-state index in [2.05, 4.69) is 34.3 Å². The van der Waals surface area contributed by atoms with Gasteiger partial charge in [-0.1, -0.05) is 42.4 Å². The van der Waals surface area contributed by atoms with Crippen LogP contribution in [-0.4, -0.2) is 29.9 Å².